The maximum atomic E-state index is 12.1. The number of piperidine rings is 1. The molecule has 1 saturated heterocycles. The van der Waals surface area contributed by atoms with Crippen LogP contribution >= 0.6 is 0 Å². The summed E-state index contributed by atoms with van der Waals surface area (Å²) in [4.78, 5) is 25.9. The Balaban J connectivity index is 1.62. The van der Waals surface area contributed by atoms with Crippen LogP contribution in [-0.2, 0) is 9.53 Å². The van der Waals surface area contributed by atoms with Crippen molar-refractivity contribution in [2.75, 3.05) is 13.1 Å². The van der Waals surface area contributed by atoms with Crippen molar-refractivity contribution in [1.82, 2.24) is 10.2 Å². The smallest absolute Gasteiger partial charge is 0.410 e. The Kier molecular flexibility index (Phi) is 6.93. The third-order valence-electron chi connectivity index (χ3n) is 4.85. The quantitative estimate of drug-likeness (QED) is 0.851. The van der Waals surface area contributed by atoms with Gasteiger partial charge in [0.1, 0.15) is 5.60 Å². The Morgan fingerprint density at radius 1 is 1.12 bits per heavy atom. The fourth-order valence-electron chi connectivity index (χ4n) is 3.44. The molecule has 5 nitrogen and oxygen atoms in total. The number of hydrogen-bond donors (Lipinski definition) is 1. The molecule has 2 fully saturated rings. The van der Waals surface area contributed by atoms with Crippen LogP contribution in [0.15, 0.2) is 0 Å². The Labute approximate surface area is 146 Å². The summed E-state index contributed by atoms with van der Waals surface area (Å²) in [5, 5.41) is 3.17. The zero-order chi connectivity index (χ0) is 17.6. The highest BCUT2D eigenvalue weighted by Gasteiger charge is 2.27. The molecule has 24 heavy (non-hydrogen) atoms. The predicted octanol–water partition coefficient (Wildman–Crippen LogP) is 3.68. The number of hydrogen-bond acceptors (Lipinski definition) is 3. The van der Waals surface area contributed by atoms with Crippen molar-refractivity contribution < 1.29 is 14.3 Å². The lowest BCUT2D eigenvalue weighted by Crippen LogP contribution is -2.42. The fourth-order valence-corrected chi connectivity index (χ4v) is 3.44. The Morgan fingerprint density at radius 3 is 2.33 bits per heavy atom. The average Bonchev–Trinajstić information content (AvgIpc) is 2.53. The van der Waals surface area contributed by atoms with Crippen LogP contribution in [0.3, 0.4) is 0 Å². The van der Waals surface area contributed by atoms with Crippen molar-refractivity contribution in [3.05, 3.63) is 6.42 Å². The van der Waals surface area contributed by atoms with Gasteiger partial charge in [-0.2, -0.15) is 0 Å². The fraction of sp³-hybridized carbons (Fsp3) is 0.842. The number of ether oxygens (including phenoxy) is 1. The van der Waals surface area contributed by atoms with E-state index in [2.05, 4.69) is 11.7 Å². The minimum absolute atomic E-state index is 0.191. The van der Waals surface area contributed by atoms with Crippen molar-refractivity contribution in [1.29, 1.82) is 0 Å². The zero-order valence-electron chi connectivity index (χ0n) is 15.5. The highest BCUT2D eigenvalue weighted by atomic mass is 16.6. The van der Waals surface area contributed by atoms with Gasteiger partial charge in [0.15, 0.2) is 0 Å². The molecule has 1 saturated carbocycles. The lowest BCUT2D eigenvalue weighted by atomic mass is 9.91. The highest BCUT2D eigenvalue weighted by Crippen LogP contribution is 2.23. The van der Waals surface area contributed by atoms with Gasteiger partial charge in [-0.1, -0.05) is 0 Å². The van der Waals surface area contributed by atoms with Crippen LogP contribution in [0.4, 0.5) is 4.79 Å². The van der Waals surface area contributed by atoms with Crippen molar-refractivity contribution in [3.8, 4) is 0 Å². The average molecular weight is 337 g/mol. The third-order valence-corrected chi connectivity index (χ3v) is 4.85. The first-order valence-corrected chi connectivity index (χ1v) is 9.42. The molecule has 1 aliphatic carbocycles. The van der Waals surface area contributed by atoms with Crippen LogP contribution in [0.5, 0.6) is 0 Å². The molecule has 1 N–H and O–H groups in total. The van der Waals surface area contributed by atoms with Crippen molar-refractivity contribution in [2.24, 2.45) is 5.92 Å². The molecule has 0 bridgehead atoms. The maximum absolute atomic E-state index is 12.1. The van der Waals surface area contributed by atoms with Crippen LogP contribution in [-0.4, -0.2) is 41.6 Å². The van der Waals surface area contributed by atoms with Crippen molar-refractivity contribution >= 4 is 12.0 Å². The minimum atomic E-state index is -0.442. The van der Waals surface area contributed by atoms with Crippen LogP contribution in [0, 0.1) is 12.3 Å². The lowest BCUT2D eigenvalue weighted by molar-refractivity contribution is -0.122. The lowest BCUT2D eigenvalue weighted by Gasteiger charge is -2.33. The number of carbonyl (C=O) groups excluding carboxylic acids is 2. The van der Waals surface area contributed by atoms with Crippen LogP contribution in [0.25, 0.3) is 0 Å². The Morgan fingerprint density at radius 2 is 1.75 bits per heavy atom. The highest BCUT2D eigenvalue weighted by molar-refractivity contribution is 5.76. The molecule has 2 aliphatic rings. The molecule has 137 valence electrons. The second-order valence-corrected chi connectivity index (χ2v) is 8.16. The van der Waals surface area contributed by atoms with Gasteiger partial charge in [-0.15, -0.1) is 0 Å². The summed E-state index contributed by atoms with van der Waals surface area (Å²) < 4.78 is 5.42. The maximum Gasteiger partial charge on any atom is 0.410 e. The van der Waals surface area contributed by atoms with E-state index in [1.807, 2.05) is 20.8 Å². The second kappa shape index (κ2) is 8.72. The van der Waals surface area contributed by atoms with Crippen LogP contribution < -0.4 is 5.32 Å². The van der Waals surface area contributed by atoms with E-state index in [4.69, 9.17) is 4.74 Å². The molecule has 1 heterocycles. The Hall–Kier alpha value is -1.26. The molecular weight excluding hydrogens is 304 g/mol. The second-order valence-electron chi connectivity index (χ2n) is 8.16. The summed E-state index contributed by atoms with van der Waals surface area (Å²) in [5.41, 5.74) is -0.442. The van der Waals surface area contributed by atoms with Gasteiger partial charge in [0.2, 0.25) is 5.91 Å². The number of carbonyl (C=O) groups is 2. The summed E-state index contributed by atoms with van der Waals surface area (Å²) in [7, 11) is 0. The minimum Gasteiger partial charge on any atom is -0.444 e. The summed E-state index contributed by atoms with van der Waals surface area (Å²) in [6, 6.07) is 0.372. The van der Waals surface area contributed by atoms with E-state index < -0.39 is 5.60 Å². The monoisotopic (exact) mass is 337 g/mol. The standard InChI is InChI=1S/C19H33N2O3/c1-19(2,3)24-18(23)21-13-11-15(12-14-21)9-10-17(22)20-16-7-5-4-6-8-16/h4,15-16H,5-14H2,1-3H3,(H,20,22). The molecular formula is C19H33N2O3. The van der Waals surface area contributed by atoms with E-state index in [9.17, 15) is 9.59 Å². The number of likely N-dealkylation sites (tertiary alicyclic amines) is 1. The molecule has 0 aromatic rings. The first-order chi connectivity index (χ1) is 11.3. The van der Waals surface area contributed by atoms with Gasteiger partial charge in [-0.3, -0.25) is 4.79 Å². The first-order valence-electron chi connectivity index (χ1n) is 9.42. The van der Waals surface area contributed by atoms with Gasteiger partial charge in [0.05, 0.1) is 0 Å². The zero-order valence-corrected chi connectivity index (χ0v) is 15.5. The molecule has 1 radical (unpaired) electrons. The van der Waals surface area contributed by atoms with E-state index in [1.165, 1.54) is 0 Å². The van der Waals surface area contributed by atoms with Gasteiger partial charge >= 0.3 is 6.09 Å². The van der Waals surface area contributed by atoms with Gasteiger partial charge in [-0.05, 0) is 78.1 Å². The summed E-state index contributed by atoms with van der Waals surface area (Å²) >= 11 is 0. The van der Waals surface area contributed by atoms with Gasteiger partial charge in [0.25, 0.3) is 0 Å². The first kappa shape index (κ1) is 19.1. The van der Waals surface area contributed by atoms with Gasteiger partial charge in [0, 0.05) is 25.6 Å². The molecule has 2 amide bonds. The van der Waals surface area contributed by atoms with Gasteiger partial charge < -0.3 is 15.0 Å². The molecule has 0 spiro atoms. The van der Waals surface area contributed by atoms with E-state index in [1.54, 1.807) is 4.90 Å². The van der Waals surface area contributed by atoms with Crippen LogP contribution in [0.2, 0.25) is 0 Å². The normalized spacial score (nSPS) is 20.7. The predicted molar refractivity (Wildman–Crippen MR) is 94.5 cm³/mol. The van der Waals surface area contributed by atoms with E-state index in [0.717, 1.165) is 58.0 Å². The molecule has 5 heteroatoms. The number of nitrogens with one attached hydrogen (secondary N) is 1. The third kappa shape index (κ3) is 6.70. The van der Waals surface area contributed by atoms with Crippen LogP contribution in [0.1, 0.15) is 72.1 Å². The molecule has 0 aromatic carbocycles. The summed E-state index contributed by atoms with van der Waals surface area (Å²) in [6.45, 7) is 7.14. The molecule has 0 unspecified atom stereocenters. The summed E-state index contributed by atoms with van der Waals surface area (Å²) in [5.74, 6) is 0.727. The van der Waals surface area contributed by atoms with Crippen molar-refractivity contribution in [2.45, 2.75) is 83.8 Å². The largest absolute Gasteiger partial charge is 0.444 e. The SMILES string of the molecule is CC(C)(C)OC(=O)N1CCC(CCC(=O)NC2CC[CH]CC2)CC1. The molecule has 0 atom stereocenters. The molecule has 1 aliphatic heterocycles. The number of nitrogens with zero attached hydrogens (tertiary/aromatic N) is 1. The number of amides is 2. The molecule has 0 aromatic heterocycles. The number of rotatable bonds is 4. The Bertz CT molecular complexity index is 417. The van der Waals surface area contributed by atoms with Gasteiger partial charge in [-0.25, -0.2) is 4.79 Å². The summed E-state index contributed by atoms with van der Waals surface area (Å²) in [6.07, 6.45) is 9.95. The van der Waals surface area contributed by atoms with E-state index in [-0.39, 0.29) is 12.0 Å². The van der Waals surface area contributed by atoms with E-state index in [0.29, 0.717) is 18.4 Å². The molecule has 2 rings (SSSR count). The van der Waals surface area contributed by atoms with E-state index >= 15 is 0 Å². The van der Waals surface area contributed by atoms with Crippen molar-refractivity contribution in [3.63, 3.8) is 0 Å². The topological polar surface area (TPSA) is 58.6 Å².